The van der Waals surface area contributed by atoms with Gasteiger partial charge in [-0.05, 0) is 42.2 Å². The lowest BCUT2D eigenvalue weighted by molar-refractivity contribution is -0.115. The van der Waals surface area contributed by atoms with Crippen molar-refractivity contribution in [1.82, 2.24) is 5.32 Å². The minimum atomic E-state index is 0.156. The molecule has 3 nitrogen and oxygen atoms in total. The van der Waals surface area contributed by atoms with E-state index in [0.29, 0.717) is 18.0 Å². The molecule has 2 aromatic rings. The molecular weight excluding hydrogens is 286 g/mol. The van der Waals surface area contributed by atoms with E-state index in [9.17, 15) is 4.79 Å². The van der Waals surface area contributed by atoms with Gasteiger partial charge in [0.25, 0.3) is 0 Å². The Morgan fingerprint density at radius 2 is 2.00 bits per heavy atom. The van der Waals surface area contributed by atoms with Crippen LogP contribution in [0.2, 0.25) is 5.02 Å². The van der Waals surface area contributed by atoms with Gasteiger partial charge in [-0.2, -0.15) is 0 Å². The predicted octanol–water partition coefficient (Wildman–Crippen LogP) is 4.05. The van der Waals surface area contributed by atoms with Crippen LogP contribution < -0.4 is 5.32 Å². The van der Waals surface area contributed by atoms with Crippen LogP contribution in [0.3, 0.4) is 0 Å². The lowest BCUT2D eigenvalue weighted by Gasteiger charge is -2.23. The molecule has 0 bridgehead atoms. The fourth-order valence-corrected chi connectivity index (χ4v) is 2.73. The number of benzene rings is 1. The van der Waals surface area contributed by atoms with Crippen molar-refractivity contribution in [3.63, 3.8) is 0 Å². The third-order valence-corrected chi connectivity index (χ3v) is 3.91. The Morgan fingerprint density at radius 1 is 1.19 bits per heavy atom. The normalized spacial score (nSPS) is 18.4. The van der Waals surface area contributed by atoms with E-state index in [1.165, 1.54) is 0 Å². The number of hydrogen-bond acceptors (Lipinski definition) is 3. The van der Waals surface area contributed by atoms with Crippen LogP contribution in [0.5, 0.6) is 0 Å². The molecule has 1 aromatic heterocycles. The van der Waals surface area contributed by atoms with Gasteiger partial charge in [-0.3, -0.25) is 4.79 Å². The summed E-state index contributed by atoms with van der Waals surface area (Å²) >= 11 is 5.91. The summed E-state index contributed by atoms with van der Waals surface area (Å²) in [4.78, 5) is 11.9. The molecule has 0 radical (unpaired) electrons. The fraction of sp³-hybridized carbons (Fsp3) is 0.235. The van der Waals surface area contributed by atoms with Gasteiger partial charge < -0.3 is 9.73 Å². The number of hydrogen-bond donors (Lipinski definition) is 1. The fourth-order valence-electron chi connectivity index (χ4n) is 2.60. The van der Waals surface area contributed by atoms with E-state index in [0.717, 1.165) is 23.4 Å². The van der Waals surface area contributed by atoms with Crippen molar-refractivity contribution in [1.29, 1.82) is 0 Å². The van der Waals surface area contributed by atoms with Crippen LogP contribution in [-0.2, 0) is 11.3 Å². The van der Waals surface area contributed by atoms with E-state index in [-0.39, 0.29) is 11.7 Å². The molecule has 4 heteroatoms. The zero-order valence-electron chi connectivity index (χ0n) is 11.5. The lowest BCUT2D eigenvalue weighted by Crippen LogP contribution is -2.21. The zero-order valence-corrected chi connectivity index (χ0v) is 12.3. The van der Waals surface area contributed by atoms with E-state index in [4.69, 9.17) is 16.0 Å². The highest BCUT2D eigenvalue weighted by Crippen LogP contribution is 2.31. The third kappa shape index (κ3) is 3.56. The summed E-state index contributed by atoms with van der Waals surface area (Å²) in [6, 6.07) is 11.5. The Labute approximate surface area is 128 Å². The zero-order chi connectivity index (χ0) is 14.7. The maximum Gasteiger partial charge on any atom is 0.158 e. The van der Waals surface area contributed by atoms with E-state index in [1.807, 2.05) is 36.4 Å². The number of halogens is 1. The largest absolute Gasteiger partial charge is 0.467 e. The molecule has 0 fully saturated rings. The summed E-state index contributed by atoms with van der Waals surface area (Å²) in [5.74, 6) is 1.22. The minimum absolute atomic E-state index is 0.156. The highest BCUT2D eigenvalue weighted by molar-refractivity contribution is 6.30. The SMILES string of the molecule is O=C1C=C(NCc2ccco2)C[C@@H](c2ccc(Cl)cc2)C1. The Morgan fingerprint density at radius 3 is 2.71 bits per heavy atom. The van der Waals surface area contributed by atoms with Gasteiger partial charge in [0.05, 0.1) is 12.8 Å². The molecule has 108 valence electrons. The minimum Gasteiger partial charge on any atom is -0.467 e. The monoisotopic (exact) mass is 301 g/mol. The average Bonchev–Trinajstić information content (AvgIpc) is 2.99. The van der Waals surface area contributed by atoms with Crippen molar-refractivity contribution in [3.05, 3.63) is 70.8 Å². The summed E-state index contributed by atoms with van der Waals surface area (Å²) in [5, 5.41) is 4.00. The molecule has 0 aliphatic heterocycles. The van der Waals surface area contributed by atoms with Crippen LogP contribution in [0.25, 0.3) is 0 Å². The van der Waals surface area contributed by atoms with Crippen molar-refractivity contribution in [2.75, 3.05) is 0 Å². The number of carbonyl (C=O) groups is 1. The molecule has 1 aliphatic rings. The highest BCUT2D eigenvalue weighted by atomic mass is 35.5. The van der Waals surface area contributed by atoms with Gasteiger partial charge >= 0.3 is 0 Å². The van der Waals surface area contributed by atoms with Gasteiger partial charge in [0, 0.05) is 23.2 Å². The Bertz CT molecular complexity index is 644. The molecule has 1 aliphatic carbocycles. The molecule has 0 unspecified atom stereocenters. The number of allylic oxidation sites excluding steroid dienone is 2. The predicted molar refractivity (Wildman–Crippen MR) is 82.1 cm³/mol. The molecule has 1 atom stereocenters. The van der Waals surface area contributed by atoms with Gasteiger partial charge in [-0.1, -0.05) is 23.7 Å². The molecule has 0 amide bonds. The summed E-state index contributed by atoms with van der Waals surface area (Å²) in [6.07, 6.45) is 4.73. The first-order valence-corrected chi connectivity index (χ1v) is 7.33. The first kappa shape index (κ1) is 14.0. The number of rotatable bonds is 4. The first-order valence-electron chi connectivity index (χ1n) is 6.96. The van der Waals surface area contributed by atoms with Crippen LogP contribution >= 0.6 is 11.6 Å². The lowest BCUT2D eigenvalue weighted by atomic mass is 9.85. The maximum absolute atomic E-state index is 11.9. The van der Waals surface area contributed by atoms with Crippen LogP contribution in [0.4, 0.5) is 0 Å². The summed E-state index contributed by atoms with van der Waals surface area (Å²) < 4.78 is 5.29. The second kappa shape index (κ2) is 6.19. The molecular formula is C17H16ClNO2. The summed E-state index contributed by atoms with van der Waals surface area (Å²) in [7, 11) is 0. The van der Waals surface area contributed by atoms with Crippen LogP contribution in [0.15, 0.2) is 58.9 Å². The number of carbonyl (C=O) groups excluding carboxylic acids is 1. The smallest absolute Gasteiger partial charge is 0.158 e. The maximum atomic E-state index is 11.9. The standard InChI is InChI=1S/C17H16ClNO2/c18-14-5-3-12(4-6-14)13-8-15(10-16(20)9-13)19-11-17-2-1-7-21-17/h1-7,10,13,19H,8-9,11H2/t13-/m1/s1. The van der Waals surface area contributed by atoms with Crippen LogP contribution in [-0.4, -0.2) is 5.78 Å². The first-order chi connectivity index (χ1) is 10.2. The van der Waals surface area contributed by atoms with E-state index in [1.54, 1.807) is 12.3 Å². The second-order valence-corrected chi connectivity index (χ2v) is 5.66. The molecule has 21 heavy (non-hydrogen) atoms. The molecule has 1 heterocycles. The van der Waals surface area contributed by atoms with Crippen molar-refractivity contribution in [2.45, 2.75) is 25.3 Å². The molecule has 3 rings (SSSR count). The van der Waals surface area contributed by atoms with Gasteiger partial charge in [-0.25, -0.2) is 0 Å². The Kier molecular flexibility index (Phi) is 4.11. The molecule has 0 spiro atoms. The topological polar surface area (TPSA) is 42.2 Å². The van der Waals surface area contributed by atoms with E-state index >= 15 is 0 Å². The van der Waals surface area contributed by atoms with Crippen molar-refractivity contribution in [2.24, 2.45) is 0 Å². The van der Waals surface area contributed by atoms with Gasteiger partial charge in [0.15, 0.2) is 5.78 Å². The van der Waals surface area contributed by atoms with Gasteiger partial charge in [0.2, 0.25) is 0 Å². The van der Waals surface area contributed by atoms with E-state index in [2.05, 4.69) is 5.32 Å². The second-order valence-electron chi connectivity index (χ2n) is 5.23. The number of nitrogens with one attached hydrogen (secondary N) is 1. The van der Waals surface area contributed by atoms with Gasteiger partial charge in [-0.15, -0.1) is 0 Å². The summed E-state index contributed by atoms with van der Waals surface area (Å²) in [6.45, 7) is 0.597. The number of furan rings is 1. The number of ketones is 1. The quantitative estimate of drug-likeness (QED) is 0.926. The van der Waals surface area contributed by atoms with Crippen molar-refractivity contribution >= 4 is 17.4 Å². The van der Waals surface area contributed by atoms with E-state index < -0.39 is 0 Å². The van der Waals surface area contributed by atoms with Gasteiger partial charge in [0.1, 0.15) is 5.76 Å². The highest BCUT2D eigenvalue weighted by Gasteiger charge is 2.22. The van der Waals surface area contributed by atoms with Crippen LogP contribution in [0, 0.1) is 0 Å². The summed E-state index contributed by atoms with van der Waals surface area (Å²) in [5.41, 5.74) is 2.11. The Hall–Kier alpha value is -2.00. The molecule has 0 saturated carbocycles. The van der Waals surface area contributed by atoms with Crippen LogP contribution in [0.1, 0.15) is 30.1 Å². The molecule has 1 aromatic carbocycles. The molecule has 1 N–H and O–H groups in total. The van der Waals surface area contributed by atoms with Crippen molar-refractivity contribution in [3.8, 4) is 0 Å². The average molecular weight is 302 g/mol. The Balaban J connectivity index is 1.68. The third-order valence-electron chi connectivity index (χ3n) is 3.66. The van der Waals surface area contributed by atoms with Crippen molar-refractivity contribution < 1.29 is 9.21 Å². The molecule has 0 saturated heterocycles.